The van der Waals surface area contributed by atoms with Gasteiger partial charge in [-0.15, -0.1) is 24.0 Å². The lowest BCUT2D eigenvalue weighted by molar-refractivity contribution is -0.135. The van der Waals surface area contributed by atoms with Gasteiger partial charge in [-0.1, -0.05) is 13.8 Å². The van der Waals surface area contributed by atoms with Crippen molar-refractivity contribution in [3.63, 3.8) is 0 Å². The van der Waals surface area contributed by atoms with E-state index in [9.17, 15) is 9.90 Å². The third-order valence-corrected chi connectivity index (χ3v) is 6.19. The number of piperazine rings is 1. The number of amides is 1. The summed E-state index contributed by atoms with van der Waals surface area (Å²) < 4.78 is 5.24. The van der Waals surface area contributed by atoms with Crippen LogP contribution in [0.25, 0.3) is 0 Å². The highest BCUT2D eigenvalue weighted by Crippen LogP contribution is 2.23. The van der Waals surface area contributed by atoms with E-state index in [1.165, 1.54) is 6.42 Å². The molecule has 2 N–H and O–H groups in total. The number of ether oxygens (including phenoxy) is 1. The van der Waals surface area contributed by atoms with E-state index in [0.717, 1.165) is 50.8 Å². The van der Waals surface area contributed by atoms with Gasteiger partial charge in [-0.2, -0.15) is 0 Å². The monoisotopic (exact) mass is 559 g/mol. The van der Waals surface area contributed by atoms with Gasteiger partial charge in [0.1, 0.15) is 11.5 Å². The minimum Gasteiger partial charge on any atom is -0.508 e. The Kier molecular flexibility index (Phi) is 10.3. The van der Waals surface area contributed by atoms with Gasteiger partial charge < -0.3 is 25.0 Å². The number of hydrogen-bond acceptors (Lipinski definition) is 5. The molecule has 2 saturated heterocycles. The number of carbonyl (C=O) groups is 1. The number of aliphatic imine (C=N–C) groups is 1. The van der Waals surface area contributed by atoms with E-state index in [1.807, 2.05) is 11.0 Å². The molecular weight excluding hydrogens is 521 g/mol. The number of benzene rings is 1. The van der Waals surface area contributed by atoms with Gasteiger partial charge in [0.25, 0.3) is 0 Å². The number of nitrogens with zero attached hydrogens (tertiary/aromatic N) is 4. The lowest BCUT2D eigenvalue weighted by Gasteiger charge is -2.39. The van der Waals surface area contributed by atoms with Crippen molar-refractivity contribution >= 4 is 35.8 Å². The van der Waals surface area contributed by atoms with Crippen LogP contribution in [0.2, 0.25) is 0 Å². The Bertz CT molecular complexity index is 773. The molecule has 9 heteroatoms. The lowest BCUT2D eigenvalue weighted by Crippen LogP contribution is -2.55. The number of guanidine groups is 1. The number of nitrogens with one attached hydrogen (secondary N) is 1. The van der Waals surface area contributed by atoms with Crippen LogP contribution in [0.1, 0.15) is 25.8 Å². The summed E-state index contributed by atoms with van der Waals surface area (Å²) in [6.07, 6.45) is 1.21. The molecule has 1 aromatic carbocycles. The van der Waals surface area contributed by atoms with Crippen LogP contribution < -0.4 is 10.1 Å². The van der Waals surface area contributed by atoms with Crippen molar-refractivity contribution in [1.82, 2.24) is 20.0 Å². The molecule has 2 aliphatic heterocycles. The topological polar surface area (TPSA) is 80.6 Å². The molecule has 0 bridgehead atoms. The molecule has 3 rings (SSSR count). The van der Waals surface area contributed by atoms with Crippen LogP contribution in [-0.2, 0) is 11.3 Å². The quantitative estimate of drug-likeness (QED) is 0.327. The zero-order chi connectivity index (χ0) is 22.4. The summed E-state index contributed by atoms with van der Waals surface area (Å²) in [5.74, 6) is 3.16. The van der Waals surface area contributed by atoms with Gasteiger partial charge in [-0.3, -0.25) is 14.7 Å². The predicted octanol–water partition coefficient (Wildman–Crippen LogP) is 2.22. The summed E-state index contributed by atoms with van der Waals surface area (Å²) >= 11 is 0. The lowest BCUT2D eigenvalue weighted by atomic mass is 9.92. The molecule has 2 heterocycles. The standard InChI is InChI=1S/C23H37N5O3.HI/c1-17-11-18(2)15-28(14-17)22(30)16-26-7-9-27(10-8-26)23(24-3)25-13-19-12-20(31-4)5-6-21(19)29;/h5-6,12,17-18,29H,7-11,13-16H2,1-4H3,(H,24,25);1H. The Balaban J connectivity index is 0.00000363. The van der Waals surface area contributed by atoms with Crippen molar-refractivity contribution in [3.8, 4) is 11.5 Å². The zero-order valence-electron chi connectivity index (χ0n) is 19.7. The molecule has 1 aromatic rings. The number of hydrogen-bond donors (Lipinski definition) is 2. The number of halogens is 1. The van der Waals surface area contributed by atoms with Gasteiger partial charge in [-0.05, 0) is 36.5 Å². The van der Waals surface area contributed by atoms with Crippen LogP contribution >= 0.6 is 24.0 Å². The highest BCUT2D eigenvalue weighted by molar-refractivity contribution is 14.0. The molecule has 2 fully saturated rings. The smallest absolute Gasteiger partial charge is 0.236 e. The van der Waals surface area contributed by atoms with Crippen molar-refractivity contribution < 1.29 is 14.6 Å². The van der Waals surface area contributed by atoms with Gasteiger partial charge >= 0.3 is 0 Å². The predicted molar refractivity (Wildman–Crippen MR) is 138 cm³/mol. The van der Waals surface area contributed by atoms with Gasteiger partial charge in [0, 0.05) is 58.4 Å². The van der Waals surface area contributed by atoms with E-state index in [-0.39, 0.29) is 35.6 Å². The number of phenolic OH excluding ortho intramolecular Hbond substituents is 1. The van der Waals surface area contributed by atoms with Crippen LogP contribution in [0.5, 0.6) is 11.5 Å². The van der Waals surface area contributed by atoms with Gasteiger partial charge in [0.05, 0.1) is 13.7 Å². The van der Waals surface area contributed by atoms with Crippen LogP contribution in [-0.4, -0.2) is 91.6 Å². The summed E-state index contributed by atoms with van der Waals surface area (Å²) in [5, 5.41) is 13.4. The Labute approximate surface area is 209 Å². The molecule has 0 spiro atoms. The molecule has 2 atom stereocenters. The normalized spacial score (nSPS) is 22.3. The third-order valence-electron chi connectivity index (χ3n) is 6.19. The van der Waals surface area contributed by atoms with E-state index < -0.39 is 0 Å². The number of phenols is 1. The number of aromatic hydroxyl groups is 1. The minimum absolute atomic E-state index is 0. The average molecular weight is 559 g/mol. The van der Waals surface area contributed by atoms with Crippen molar-refractivity contribution in [3.05, 3.63) is 23.8 Å². The summed E-state index contributed by atoms with van der Waals surface area (Å²) in [7, 11) is 3.38. The first-order valence-corrected chi connectivity index (χ1v) is 11.2. The van der Waals surface area contributed by atoms with Crippen molar-refractivity contribution in [2.24, 2.45) is 16.8 Å². The maximum atomic E-state index is 12.8. The minimum atomic E-state index is 0. The van der Waals surface area contributed by atoms with E-state index in [4.69, 9.17) is 4.74 Å². The second kappa shape index (κ2) is 12.5. The number of methoxy groups -OCH3 is 1. The van der Waals surface area contributed by atoms with Crippen molar-refractivity contribution in [2.45, 2.75) is 26.8 Å². The summed E-state index contributed by atoms with van der Waals surface area (Å²) in [4.78, 5) is 23.7. The molecular formula is C23H38IN5O3. The van der Waals surface area contributed by atoms with E-state index >= 15 is 0 Å². The molecule has 2 unspecified atom stereocenters. The first-order valence-electron chi connectivity index (χ1n) is 11.2. The first kappa shape index (κ1) is 26.5. The number of rotatable bonds is 5. The Morgan fingerprint density at radius 2 is 1.81 bits per heavy atom. The molecule has 32 heavy (non-hydrogen) atoms. The molecule has 0 radical (unpaired) electrons. The summed E-state index contributed by atoms with van der Waals surface area (Å²) in [6.45, 7) is 10.5. The highest BCUT2D eigenvalue weighted by atomic mass is 127. The second-order valence-electron chi connectivity index (χ2n) is 8.90. The van der Waals surface area contributed by atoms with Crippen LogP contribution in [0.4, 0.5) is 0 Å². The first-order chi connectivity index (χ1) is 14.9. The van der Waals surface area contributed by atoms with E-state index in [2.05, 4.69) is 34.0 Å². The van der Waals surface area contributed by atoms with Crippen LogP contribution in [0, 0.1) is 11.8 Å². The fraction of sp³-hybridized carbons (Fsp3) is 0.652. The fourth-order valence-corrected chi connectivity index (χ4v) is 4.61. The van der Waals surface area contributed by atoms with Crippen LogP contribution in [0.3, 0.4) is 0 Å². The van der Waals surface area contributed by atoms with E-state index in [0.29, 0.717) is 30.7 Å². The van der Waals surface area contributed by atoms with Gasteiger partial charge in [0.2, 0.25) is 5.91 Å². The maximum absolute atomic E-state index is 12.8. The van der Waals surface area contributed by atoms with Crippen molar-refractivity contribution in [1.29, 1.82) is 0 Å². The van der Waals surface area contributed by atoms with Gasteiger partial charge in [-0.25, -0.2) is 0 Å². The largest absolute Gasteiger partial charge is 0.508 e. The molecule has 2 aliphatic rings. The molecule has 0 aromatic heterocycles. The molecule has 180 valence electrons. The maximum Gasteiger partial charge on any atom is 0.236 e. The Morgan fingerprint density at radius 3 is 2.41 bits per heavy atom. The number of piperidine rings is 1. The average Bonchev–Trinajstić information content (AvgIpc) is 2.75. The number of carbonyl (C=O) groups excluding carboxylic acids is 1. The van der Waals surface area contributed by atoms with Gasteiger partial charge in [0.15, 0.2) is 5.96 Å². The second-order valence-corrected chi connectivity index (χ2v) is 8.90. The molecule has 8 nitrogen and oxygen atoms in total. The Morgan fingerprint density at radius 1 is 1.16 bits per heavy atom. The third kappa shape index (κ3) is 7.13. The molecule has 0 saturated carbocycles. The SMILES string of the molecule is CN=C(NCc1cc(OC)ccc1O)N1CCN(CC(=O)N2CC(C)CC(C)C2)CC1.I. The summed E-state index contributed by atoms with van der Waals surface area (Å²) in [6, 6.07) is 5.19. The van der Waals surface area contributed by atoms with Crippen molar-refractivity contribution in [2.75, 3.05) is 60.0 Å². The Hall–Kier alpha value is -1.75. The summed E-state index contributed by atoms with van der Waals surface area (Å²) in [5.41, 5.74) is 0.759. The molecule has 1 amide bonds. The van der Waals surface area contributed by atoms with Crippen LogP contribution in [0.15, 0.2) is 23.2 Å². The number of likely N-dealkylation sites (tertiary alicyclic amines) is 1. The van der Waals surface area contributed by atoms with E-state index in [1.54, 1.807) is 26.3 Å². The molecule has 0 aliphatic carbocycles. The zero-order valence-corrected chi connectivity index (χ0v) is 22.0. The highest BCUT2D eigenvalue weighted by Gasteiger charge is 2.28. The fourth-order valence-electron chi connectivity index (χ4n) is 4.61.